The van der Waals surface area contributed by atoms with Gasteiger partial charge in [-0.2, -0.15) is 0 Å². The third kappa shape index (κ3) is 3.70. The molecule has 153 valence electrons. The Labute approximate surface area is 162 Å². The zero-order valence-corrected chi connectivity index (χ0v) is 17.3. The highest BCUT2D eigenvalue weighted by atomic mass is 19.3. The SMILES string of the molecule is CC(C)N1CCN(CCN2CCC(NC3(C(C)C)C4=C3[CH]4)C(F)(F)C2)CC1. The summed E-state index contributed by atoms with van der Waals surface area (Å²) in [4.78, 5) is 6.88. The van der Waals surface area contributed by atoms with Gasteiger partial charge in [-0.3, -0.25) is 20.0 Å². The van der Waals surface area contributed by atoms with Crippen molar-refractivity contribution in [1.29, 1.82) is 0 Å². The summed E-state index contributed by atoms with van der Waals surface area (Å²) in [5, 5.41) is 3.34. The zero-order valence-electron chi connectivity index (χ0n) is 17.3. The molecule has 0 amide bonds. The van der Waals surface area contributed by atoms with Crippen LogP contribution >= 0.6 is 0 Å². The first-order valence-electron chi connectivity index (χ1n) is 10.7. The number of nitrogens with zero attached hydrogens (tertiary/aromatic N) is 3. The van der Waals surface area contributed by atoms with Crippen molar-refractivity contribution in [3.8, 4) is 0 Å². The lowest BCUT2D eigenvalue weighted by Gasteiger charge is -2.44. The lowest BCUT2D eigenvalue weighted by Crippen LogP contribution is -2.63. The van der Waals surface area contributed by atoms with E-state index in [0.717, 1.165) is 45.8 Å². The van der Waals surface area contributed by atoms with Crippen molar-refractivity contribution in [2.24, 2.45) is 5.92 Å². The summed E-state index contributed by atoms with van der Waals surface area (Å²) >= 11 is 0. The average Bonchev–Trinajstić information content (AvgIpc) is 3.50. The van der Waals surface area contributed by atoms with E-state index in [1.165, 1.54) is 11.1 Å². The Bertz CT molecular complexity index is 581. The van der Waals surface area contributed by atoms with Gasteiger partial charge in [0.15, 0.2) is 0 Å². The molecule has 1 radical (unpaired) electrons. The van der Waals surface area contributed by atoms with Crippen molar-refractivity contribution >= 4 is 0 Å². The summed E-state index contributed by atoms with van der Waals surface area (Å²) in [7, 11) is 0. The molecule has 4 nitrogen and oxygen atoms in total. The van der Waals surface area contributed by atoms with Crippen LogP contribution in [0.15, 0.2) is 11.1 Å². The van der Waals surface area contributed by atoms with Gasteiger partial charge in [-0.15, -0.1) is 0 Å². The minimum absolute atomic E-state index is 0.112. The van der Waals surface area contributed by atoms with Crippen molar-refractivity contribution < 1.29 is 8.78 Å². The summed E-state index contributed by atoms with van der Waals surface area (Å²) < 4.78 is 29.7. The monoisotopic (exact) mass is 381 g/mol. The fourth-order valence-electron chi connectivity index (χ4n) is 4.98. The van der Waals surface area contributed by atoms with Gasteiger partial charge in [0.25, 0.3) is 5.92 Å². The van der Waals surface area contributed by atoms with Crippen LogP contribution in [0.2, 0.25) is 0 Å². The predicted octanol–water partition coefficient (Wildman–Crippen LogP) is 2.23. The molecule has 4 rings (SSSR count). The molecule has 4 aliphatic rings. The average molecular weight is 382 g/mol. The minimum atomic E-state index is -2.66. The van der Waals surface area contributed by atoms with Crippen molar-refractivity contribution in [1.82, 2.24) is 20.0 Å². The van der Waals surface area contributed by atoms with Crippen molar-refractivity contribution in [3.63, 3.8) is 0 Å². The lowest BCUT2D eigenvalue weighted by atomic mass is 9.84. The number of rotatable bonds is 7. The molecule has 1 N–H and O–H groups in total. The molecule has 0 aromatic carbocycles. The van der Waals surface area contributed by atoms with Gasteiger partial charge in [0, 0.05) is 58.3 Å². The van der Waals surface area contributed by atoms with E-state index in [-0.39, 0.29) is 12.1 Å². The Balaban J connectivity index is 1.22. The summed E-state index contributed by atoms with van der Waals surface area (Å²) in [6.07, 6.45) is 2.66. The van der Waals surface area contributed by atoms with E-state index >= 15 is 0 Å². The van der Waals surface area contributed by atoms with Gasteiger partial charge < -0.3 is 0 Å². The van der Waals surface area contributed by atoms with Crippen LogP contribution in [0, 0.1) is 12.3 Å². The molecule has 1 atom stereocenters. The standard InChI is InChI=1S/C21H35F2N4/c1-15(2)21(17-13-18(17)21)24-19-5-6-26(14-20(19,22)23)8-7-25-9-11-27(12-10-25)16(3)4/h13,15-16,19,24H,5-12,14H2,1-4H3. The maximum absolute atomic E-state index is 14.8. The van der Waals surface area contributed by atoms with Gasteiger partial charge in [-0.1, -0.05) is 13.8 Å². The van der Waals surface area contributed by atoms with Crippen LogP contribution in [-0.2, 0) is 0 Å². The van der Waals surface area contributed by atoms with Crippen LogP contribution in [0.25, 0.3) is 0 Å². The van der Waals surface area contributed by atoms with E-state index < -0.39 is 12.0 Å². The third-order valence-corrected chi connectivity index (χ3v) is 7.10. The molecule has 27 heavy (non-hydrogen) atoms. The molecule has 0 aromatic rings. The minimum Gasteiger partial charge on any atom is -0.300 e. The maximum Gasteiger partial charge on any atom is 0.275 e. The van der Waals surface area contributed by atoms with Crippen LogP contribution in [-0.4, -0.2) is 90.6 Å². The molecular formula is C21H35F2N4. The third-order valence-electron chi connectivity index (χ3n) is 7.10. The molecule has 6 heteroatoms. The number of halogens is 2. The van der Waals surface area contributed by atoms with Crippen molar-refractivity contribution in [3.05, 3.63) is 17.6 Å². The van der Waals surface area contributed by atoms with Gasteiger partial charge in [0.05, 0.1) is 18.1 Å². The molecular weight excluding hydrogens is 346 g/mol. The molecule has 0 bridgehead atoms. The first-order chi connectivity index (χ1) is 12.7. The molecule has 2 aliphatic carbocycles. The van der Waals surface area contributed by atoms with Gasteiger partial charge in [0.2, 0.25) is 0 Å². The number of nitrogens with one attached hydrogen (secondary N) is 1. The van der Waals surface area contributed by atoms with Crippen molar-refractivity contribution in [2.45, 2.75) is 57.7 Å². The van der Waals surface area contributed by atoms with E-state index in [1.807, 2.05) is 4.90 Å². The highest BCUT2D eigenvalue weighted by molar-refractivity contribution is 5.82. The van der Waals surface area contributed by atoms with Gasteiger partial charge in [-0.05, 0) is 37.3 Å². The Morgan fingerprint density at radius 1 is 1.00 bits per heavy atom. The normalized spacial score (nSPS) is 30.9. The van der Waals surface area contributed by atoms with Gasteiger partial charge >= 0.3 is 0 Å². The lowest BCUT2D eigenvalue weighted by molar-refractivity contribution is -0.0961. The molecule has 2 aliphatic heterocycles. The largest absolute Gasteiger partial charge is 0.300 e. The summed E-state index contributed by atoms with van der Waals surface area (Å²) in [6.45, 7) is 15.3. The molecule has 2 saturated heterocycles. The van der Waals surface area contributed by atoms with E-state index in [4.69, 9.17) is 0 Å². The van der Waals surface area contributed by atoms with Gasteiger partial charge in [-0.25, -0.2) is 8.78 Å². The Morgan fingerprint density at radius 3 is 2.11 bits per heavy atom. The first kappa shape index (κ1) is 19.7. The van der Waals surface area contributed by atoms with E-state index in [9.17, 15) is 8.78 Å². The second-order valence-electron chi connectivity index (χ2n) is 9.43. The first-order valence-corrected chi connectivity index (χ1v) is 10.7. The van der Waals surface area contributed by atoms with E-state index in [0.29, 0.717) is 18.4 Å². The van der Waals surface area contributed by atoms with Crippen LogP contribution in [0.1, 0.15) is 34.1 Å². The molecule has 2 heterocycles. The fourth-order valence-corrected chi connectivity index (χ4v) is 4.98. The topological polar surface area (TPSA) is 21.8 Å². The number of likely N-dealkylation sites (tertiary alicyclic amines) is 1. The second-order valence-corrected chi connectivity index (χ2v) is 9.43. The van der Waals surface area contributed by atoms with Crippen LogP contribution < -0.4 is 5.32 Å². The quantitative estimate of drug-likeness (QED) is 0.730. The van der Waals surface area contributed by atoms with Crippen molar-refractivity contribution in [2.75, 3.05) is 52.4 Å². The van der Waals surface area contributed by atoms with Crippen LogP contribution in [0.4, 0.5) is 8.78 Å². The maximum atomic E-state index is 14.8. The zero-order chi connectivity index (χ0) is 19.4. The highest BCUT2D eigenvalue weighted by Gasteiger charge is 2.67. The van der Waals surface area contributed by atoms with Crippen LogP contribution in [0.3, 0.4) is 0 Å². The summed E-state index contributed by atoms with van der Waals surface area (Å²) in [6, 6.07) is -0.107. The number of hydrogen-bond donors (Lipinski definition) is 1. The number of hydrogen-bond acceptors (Lipinski definition) is 4. The molecule has 0 aromatic heterocycles. The summed E-state index contributed by atoms with van der Waals surface area (Å²) in [5.74, 6) is -2.31. The van der Waals surface area contributed by atoms with E-state index in [1.54, 1.807) is 0 Å². The van der Waals surface area contributed by atoms with Crippen LogP contribution in [0.5, 0.6) is 0 Å². The smallest absolute Gasteiger partial charge is 0.275 e. The van der Waals surface area contributed by atoms with Gasteiger partial charge in [0.1, 0.15) is 0 Å². The molecule has 1 unspecified atom stereocenters. The predicted molar refractivity (Wildman–Crippen MR) is 105 cm³/mol. The fraction of sp³-hybridized carbons (Fsp3) is 0.857. The van der Waals surface area contributed by atoms with E-state index in [2.05, 4.69) is 49.2 Å². The number of alkyl halides is 2. The molecule has 2 fully saturated rings. The Morgan fingerprint density at radius 2 is 1.63 bits per heavy atom. The molecule has 0 saturated carbocycles. The Kier molecular flexibility index (Phi) is 5.15. The Hall–Kier alpha value is -0.560. The summed E-state index contributed by atoms with van der Waals surface area (Å²) in [5.41, 5.74) is 2.39. The second kappa shape index (κ2) is 7.05. The number of piperidine rings is 1. The molecule has 0 spiro atoms. The highest BCUT2D eigenvalue weighted by Crippen LogP contribution is 2.66. The number of piperazine rings is 1.